The van der Waals surface area contributed by atoms with Crippen molar-refractivity contribution in [3.8, 4) is 0 Å². The van der Waals surface area contributed by atoms with Crippen LogP contribution in [0.5, 0.6) is 0 Å². The van der Waals surface area contributed by atoms with Gasteiger partial charge in [0, 0.05) is 19.2 Å². The van der Waals surface area contributed by atoms with Crippen LogP contribution in [-0.2, 0) is 21.5 Å². The zero-order valence-corrected chi connectivity index (χ0v) is 11.0. The second-order valence-electron chi connectivity index (χ2n) is 5.38. The number of rotatable bonds is 2. The van der Waals surface area contributed by atoms with Crippen LogP contribution in [0.4, 0.5) is 5.69 Å². The van der Waals surface area contributed by atoms with E-state index in [2.05, 4.69) is 11.1 Å². The van der Waals surface area contributed by atoms with Gasteiger partial charge in [-0.15, -0.1) is 0 Å². The number of isocyanates is 1. The Morgan fingerprint density at radius 1 is 1.32 bits per heavy atom. The van der Waals surface area contributed by atoms with Crippen LogP contribution in [0, 0.1) is 0 Å². The summed E-state index contributed by atoms with van der Waals surface area (Å²) in [4.78, 5) is 28.1. The van der Waals surface area contributed by atoms with Crippen molar-refractivity contribution in [3.63, 3.8) is 0 Å². The summed E-state index contributed by atoms with van der Waals surface area (Å²) >= 11 is 0. The first-order valence-electron chi connectivity index (χ1n) is 6.65. The SMILES string of the molecule is CN1C(=O)CCc2ccc(C3(N=C=O)CCC3)cc21. The van der Waals surface area contributed by atoms with Crippen LogP contribution in [0.1, 0.15) is 36.8 Å². The van der Waals surface area contributed by atoms with Gasteiger partial charge in [0.05, 0.1) is 5.54 Å². The smallest absolute Gasteiger partial charge is 0.235 e. The number of benzene rings is 1. The maximum Gasteiger partial charge on any atom is 0.235 e. The first-order chi connectivity index (χ1) is 9.16. The number of fused-ring (bicyclic) bond motifs is 1. The molecule has 0 spiro atoms. The molecule has 0 aromatic heterocycles. The topological polar surface area (TPSA) is 49.7 Å². The minimum Gasteiger partial charge on any atom is -0.315 e. The fourth-order valence-corrected chi connectivity index (χ4v) is 2.98. The molecule has 0 N–H and O–H groups in total. The van der Waals surface area contributed by atoms with Gasteiger partial charge in [-0.25, -0.2) is 4.79 Å². The zero-order valence-electron chi connectivity index (χ0n) is 11.0. The molecular formula is C15H16N2O2. The molecule has 4 nitrogen and oxygen atoms in total. The van der Waals surface area contributed by atoms with Gasteiger partial charge in [-0.3, -0.25) is 4.79 Å². The van der Waals surface area contributed by atoms with Gasteiger partial charge in [0.25, 0.3) is 0 Å². The summed E-state index contributed by atoms with van der Waals surface area (Å²) in [7, 11) is 1.81. The summed E-state index contributed by atoms with van der Waals surface area (Å²) < 4.78 is 0. The van der Waals surface area contributed by atoms with Crippen LogP contribution in [0.3, 0.4) is 0 Å². The van der Waals surface area contributed by atoms with Crippen molar-refractivity contribution in [1.82, 2.24) is 0 Å². The molecule has 1 aliphatic carbocycles. The molecule has 1 aromatic rings. The van der Waals surface area contributed by atoms with Crippen molar-refractivity contribution in [2.45, 2.75) is 37.6 Å². The predicted octanol–water partition coefficient (Wildman–Crippen LogP) is 2.31. The molecule has 98 valence electrons. The van der Waals surface area contributed by atoms with Gasteiger partial charge in [0.15, 0.2) is 0 Å². The lowest BCUT2D eigenvalue weighted by Crippen LogP contribution is -2.34. The highest BCUT2D eigenvalue weighted by atomic mass is 16.2. The Labute approximate surface area is 112 Å². The van der Waals surface area contributed by atoms with Crippen molar-refractivity contribution in [1.29, 1.82) is 0 Å². The summed E-state index contributed by atoms with van der Waals surface area (Å²) in [6.07, 6.45) is 5.92. The van der Waals surface area contributed by atoms with Crippen molar-refractivity contribution in [2.24, 2.45) is 4.99 Å². The molecule has 0 bridgehead atoms. The van der Waals surface area contributed by atoms with Crippen LogP contribution in [0.2, 0.25) is 0 Å². The molecule has 0 radical (unpaired) electrons. The van der Waals surface area contributed by atoms with Crippen molar-refractivity contribution >= 4 is 17.7 Å². The van der Waals surface area contributed by atoms with Crippen molar-refractivity contribution in [2.75, 3.05) is 11.9 Å². The highest BCUT2D eigenvalue weighted by molar-refractivity contribution is 5.96. The van der Waals surface area contributed by atoms with E-state index in [0.717, 1.165) is 36.9 Å². The molecule has 1 heterocycles. The summed E-state index contributed by atoms with van der Waals surface area (Å²) in [6, 6.07) is 6.13. The molecule has 1 aliphatic heterocycles. The number of carbonyl (C=O) groups is 1. The summed E-state index contributed by atoms with van der Waals surface area (Å²) in [6.45, 7) is 0. The third-order valence-electron chi connectivity index (χ3n) is 4.41. The second kappa shape index (κ2) is 4.32. The van der Waals surface area contributed by atoms with Gasteiger partial charge in [0.1, 0.15) is 0 Å². The van der Waals surface area contributed by atoms with Crippen LogP contribution in [-0.4, -0.2) is 19.0 Å². The lowest BCUT2D eigenvalue weighted by Gasteiger charge is -2.38. The highest BCUT2D eigenvalue weighted by Crippen LogP contribution is 2.46. The molecular weight excluding hydrogens is 240 g/mol. The third kappa shape index (κ3) is 1.80. The van der Waals surface area contributed by atoms with Gasteiger partial charge >= 0.3 is 0 Å². The van der Waals surface area contributed by atoms with Gasteiger partial charge in [-0.05, 0) is 42.9 Å². The van der Waals surface area contributed by atoms with Crippen molar-refractivity contribution in [3.05, 3.63) is 29.3 Å². The van der Waals surface area contributed by atoms with E-state index < -0.39 is 5.54 Å². The maximum atomic E-state index is 11.8. The van der Waals surface area contributed by atoms with E-state index in [1.165, 1.54) is 5.56 Å². The normalized spacial score (nSPS) is 20.3. The number of anilines is 1. The lowest BCUT2D eigenvalue weighted by atomic mass is 9.72. The molecule has 1 saturated carbocycles. The quantitative estimate of drug-likeness (QED) is 0.602. The molecule has 4 heteroatoms. The molecule has 0 saturated heterocycles. The highest BCUT2D eigenvalue weighted by Gasteiger charge is 2.39. The molecule has 0 unspecified atom stereocenters. The largest absolute Gasteiger partial charge is 0.315 e. The number of carbonyl (C=O) groups excluding carboxylic acids is 2. The molecule has 2 aliphatic rings. The number of hydrogen-bond donors (Lipinski definition) is 0. The standard InChI is InChI=1S/C15H16N2O2/c1-17-13-9-12(15(16-10-18)7-2-8-15)5-3-11(13)4-6-14(17)19/h3,5,9H,2,4,6-8H2,1H3. The van der Waals surface area contributed by atoms with E-state index in [0.29, 0.717) is 6.42 Å². The Morgan fingerprint density at radius 2 is 2.11 bits per heavy atom. The third-order valence-corrected chi connectivity index (χ3v) is 4.41. The number of nitrogens with zero attached hydrogens (tertiary/aromatic N) is 2. The van der Waals surface area contributed by atoms with E-state index in [-0.39, 0.29) is 5.91 Å². The summed E-state index contributed by atoms with van der Waals surface area (Å²) in [5.74, 6) is 0.145. The zero-order chi connectivity index (χ0) is 13.5. The average molecular weight is 256 g/mol. The summed E-state index contributed by atoms with van der Waals surface area (Å²) in [5.41, 5.74) is 2.79. The Balaban J connectivity index is 2.06. The van der Waals surface area contributed by atoms with Crippen LogP contribution >= 0.6 is 0 Å². The maximum absolute atomic E-state index is 11.8. The van der Waals surface area contributed by atoms with Crippen LogP contribution < -0.4 is 4.90 Å². The molecule has 0 atom stereocenters. The first kappa shape index (κ1) is 12.1. The van der Waals surface area contributed by atoms with Gasteiger partial charge in [-0.1, -0.05) is 12.1 Å². The van der Waals surface area contributed by atoms with Crippen molar-refractivity contribution < 1.29 is 9.59 Å². The number of amides is 1. The minimum absolute atomic E-state index is 0.145. The summed E-state index contributed by atoms with van der Waals surface area (Å²) in [5, 5.41) is 0. The Morgan fingerprint density at radius 3 is 2.74 bits per heavy atom. The van der Waals surface area contributed by atoms with E-state index in [4.69, 9.17) is 0 Å². The lowest BCUT2D eigenvalue weighted by molar-refractivity contribution is -0.118. The minimum atomic E-state index is -0.391. The van der Waals surface area contributed by atoms with Crippen LogP contribution in [0.25, 0.3) is 0 Å². The fourth-order valence-electron chi connectivity index (χ4n) is 2.98. The molecule has 1 aromatic carbocycles. The number of aliphatic imine (C=N–C) groups is 1. The number of hydrogen-bond acceptors (Lipinski definition) is 3. The molecule has 19 heavy (non-hydrogen) atoms. The van der Waals surface area contributed by atoms with Gasteiger partial charge in [0.2, 0.25) is 12.0 Å². The van der Waals surface area contributed by atoms with E-state index in [9.17, 15) is 9.59 Å². The molecule has 1 amide bonds. The Kier molecular flexibility index (Phi) is 2.76. The Bertz CT molecular complexity index is 584. The number of aryl methyl sites for hydroxylation is 1. The predicted molar refractivity (Wildman–Crippen MR) is 71.8 cm³/mol. The second-order valence-corrected chi connectivity index (χ2v) is 5.38. The molecule has 3 rings (SSSR count). The molecule has 1 fully saturated rings. The van der Waals surface area contributed by atoms with Gasteiger partial charge < -0.3 is 4.90 Å². The first-order valence-corrected chi connectivity index (χ1v) is 6.65. The van der Waals surface area contributed by atoms with E-state index in [1.807, 2.05) is 12.1 Å². The van der Waals surface area contributed by atoms with Crippen LogP contribution in [0.15, 0.2) is 23.2 Å². The Hall–Kier alpha value is -1.93. The average Bonchev–Trinajstić information content (AvgIpc) is 2.38. The fraction of sp³-hybridized carbons (Fsp3) is 0.467. The van der Waals surface area contributed by atoms with E-state index >= 15 is 0 Å². The van der Waals surface area contributed by atoms with Gasteiger partial charge in [-0.2, -0.15) is 4.99 Å². The van der Waals surface area contributed by atoms with E-state index in [1.54, 1.807) is 18.0 Å². The monoisotopic (exact) mass is 256 g/mol.